The molecule has 3 aromatic carbocycles. The van der Waals surface area contributed by atoms with E-state index in [1.807, 2.05) is 54.6 Å². The topological polar surface area (TPSA) is 108 Å². The van der Waals surface area contributed by atoms with Crippen LogP contribution < -0.4 is 15.5 Å². The average Bonchev–Trinajstić information content (AvgIpc) is 3.54. The smallest absolute Gasteiger partial charge is 0.270 e. The normalized spacial score (nSPS) is 16.2. The first kappa shape index (κ1) is 24.2. The van der Waals surface area contributed by atoms with Crippen molar-refractivity contribution in [2.24, 2.45) is 0 Å². The first-order chi connectivity index (χ1) is 17.9. The van der Waals surface area contributed by atoms with Gasteiger partial charge in [0.05, 0.1) is 22.7 Å². The lowest BCUT2D eigenvalue weighted by Gasteiger charge is -2.22. The number of nitrogens with zero attached hydrogens (tertiary/aromatic N) is 3. The first-order valence-electron chi connectivity index (χ1n) is 12.2. The number of likely N-dealkylation sites (N-methyl/N-ethyl adjacent to an activating group) is 1. The molecule has 9 heteroatoms. The molecular weight excluding hydrogens is 470 g/mol. The summed E-state index contributed by atoms with van der Waals surface area (Å²) in [4.78, 5) is 40.5. The van der Waals surface area contributed by atoms with Crippen molar-refractivity contribution in [3.05, 3.63) is 94.0 Å². The molecule has 2 heterocycles. The second-order valence-corrected chi connectivity index (χ2v) is 9.17. The minimum absolute atomic E-state index is 0.0375. The molecule has 0 spiro atoms. The largest absolute Gasteiger partial charge is 0.354 e. The molecule has 0 saturated carbocycles. The van der Waals surface area contributed by atoms with Crippen LogP contribution in [-0.4, -0.2) is 48.3 Å². The molecule has 5 rings (SSSR count). The molecule has 0 unspecified atom stereocenters. The van der Waals surface area contributed by atoms with Crippen LogP contribution in [0, 0.1) is 10.1 Å². The maximum atomic E-state index is 13.1. The predicted molar refractivity (Wildman–Crippen MR) is 144 cm³/mol. The van der Waals surface area contributed by atoms with Gasteiger partial charge in [0.25, 0.3) is 11.6 Å². The Kier molecular flexibility index (Phi) is 6.70. The summed E-state index contributed by atoms with van der Waals surface area (Å²) in [6.07, 6.45) is 2.26. The van der Waals surface area contributed by atoms with Crippen LogP contribution in [0.3, 0.4) is 0 Å². The standard InChI is InChI=1S/C28H27N5O4/c1-31(25(34)18-32-15-5-6-16-32)21-11-9-20(10-12-21)29-27(19-7-3-2-4-8-19)26-23-17-22(33(36)37)13-14-24(23)30-28(26)35/h2-4,7-14,17,29H,5-6,15-16,18H2,1H3,(H,30,35)/b27-26-. The molecule has 1 fully saturated rings. The number of nitro groups is 1. The summed E-state index contributed by atoms with van der Waals surface area (Å²) in [5.74, 6) is -0.304. The van der Waals surface area contributed by atoms with Crippen LogP contribution >= 0.6 is 0 Å². The lowest BCUT2D eigenvalue weighted by Crippen LogP contribution is -2.37. The molecule has 188 valence electrons. The highest BCUT2D eigenvalue weighted by Crippen LogP contribution is 2.39. The summed E-state index contributed by atoms with van der Waals surface area (Å²) in [5, 5.41) is 17.5. The van der Waals surface area contributed by atoms with Crippen LogP contribution in [0.5, 0.6) is 0 Å². The maximum Gasteiger partial charge on any atom is 0.270 e. The van der Waals surface area contributed by atoms with Gasteiger partial charge >= 0.3 is 0 Å². The molecule has 0 radical (unpaired) electrons. The SMILES string of the molecule is CN(C(=O)CN1CCCC1)c1ccc(N/C(=C2\C(=O)Nc3ccc([N+](=O)[O-])cc32)c2ccccc2)cc1. The number of non-ortho nitro benzene ring substituents is 1. The molecule has 37 heavy (non-hydrogen) atoms. The lowest BCUT2D eigenvalue weighted by atomic mass is 9.99. The Balaban J connectivity index is 1.46. The molecule has 2 aliphatic rings. The molecule has 0 bridgehead atoms. The van der Waals surface area contributed by atoms with Crippen LogP contribution in [0.2, 0.25) is 0 Å². The number of nitro benzene ring substituents is 1. The van der Waals surface area contributed by atoms with E-state index in [4.69, 9.17) is 0 Å². The molecule has 0 aliphatic carbocycles. The number of benzene rings is 3. The van der Waals surface area contributed by atoms with Crippen molar-refractivity contribution in [3.8, 4) is 0 Å². The number of nitrogens with one attached hydrogen (secondary N) is 2. The summed E-state index contributed by atoms with van der Waals surface area (Å²) < 4.78 is 0. The van der Waals surface area contributed by atoms with E-state index in [1.54, 1.807) is 18.0 Å². The Morgan fingerprint density at radius 3 is 2.43 bits per heavy atom. The van der Waals surface area contributed by atoms with E-state index in [2.05, 4.69) is 15.5 Å². The lowest BCUT2D eigenvalue weighted by molar-refractivity contribution is -0.384. The van der Waals surface area contributed by atoms with Crippen molar-refractivity contribution in [2.75, 3.05) is 42.2 Å². The molecule has 0 atom stereocenters. The number of amides is 2. The number of rotatable bonds is 7. The summed E-state index contributed by atoms with van der Waals surface area (Å²) in [6, 6.07) is 21.1. The van der Waals surface area contributed by atoms with E-state index in [0.717, 1.165) is 37.2 Å². The summed E-state index contributed by atoms with van der Waals surface area (Å²) >= 11 is 0. The molecule has 2 N–H and O–H groups in total. The Morgan fingerprint density at radius 1 is 1.05 bits per heavy atom. The average molecular weight is 498 g/mol. The third-order valence-corrected chi connectivity index (χ3v) is 6.73. The van der Waals surface area contributed by atoms with Gasteiger partial charge in [-0.05, 0) is 61.8 Å². The van der Waals surface area contributed by atoms with Gasteiger partial charge in [-0.2, -0.15) is 0 Å². The third kappa shape index (κ3) is 5.07. The summed E-state index contributed by atoms with van der Waals surface area (Å²) in [6.45, 7) is 2.32. The third-order valence-electron chi connectivity index (χ3n) is 6.73. The molecule has 2 amide bonds. The van der Waals surface area contributed by atoms with Gasteiger partial charge in [-0.25, -0.2) is 0 Å². The van der Waals surface area contributed by atoms with E-state index < -0.39 is 4.92 Å². The number of fused-ring (bicyclic) bond motifs is 1. The van der Waals surface area contributed by atoms with Gasteiger partial charge in [0.15, 0.2) is 0 Å². The van der Waals surface area contributed by atoms with Gasteiger partial charge in [0, 0.05) is 41.8 Å². The summed E-state index contributed by atoms with van der Waals surface area (Å²) in [5.41, 5.74) is 3.99. The zero-order valence-corrected chi connectivity index (χ0v) is 20.4. The zero-order chi connectivity index (χ0) is 25.9. The van der Waals surface area contributed by atoms with Crippen LogP contribution in [0.15, 0.2) is 72.8 Å². The second kappa shape index (κ2) is 10.2. The zero-order valence-electron chi connectivity index (χ0n) is 20.4. The fourth-order valence-electron chi connectivity index (χ4n) is 4.70. The number of carbonyl (C=O) groups excluding carboxylic acids is 2. The maximum absolute atomic E-state index is 13.1. The quantitative estimate of drug-likeness (QED) is 0.281. The molecule has 3 aromatic rings. The van der Waals surface area contributed by atoms with E-state index in [0.29, 0.717) is 34.8 Å². The molecule has 9 nitrogen and oxygen atoms in total. The Hall–Kier alpha value is -4.50. The fourth-order valence-corrected chi connectivity index (χ4v) is 4.70. The van der Waals surface area contributed by atoms with Gasteiger partial charge in [-0.1, -0.05) is 30.3 Å². The van der Waals surface area contributed by atoms with Gasteiger partial charge in [-0.15, -0.1) is 0 Å². The van der Waals surface area contributed by atoms with Gasteiger partial charge in [-0.3, -0.25) is 24.6 Å². The highest BCUT2D eigenvalue weighted by atomic mass is 16.6. The second-order valence-electron chi connectivity index (χ2n) is 9.17. The Labute approximate surface area is 214 Å². The van der Waals surface area contributed by atoms with Crippen molar-refractivity contribution < 1.29 is 14.5 Å². The monoisotopic (exact) mass is 497 g/mol. The highest BCUT2D eigenvalue weighted by molar-refractivity contribution is 6.37. The highest BCUT2D eigenvalue weighted by Gasteiger charge is 2.30. The minimum Gasteiger partial charge on any atom is -0.354 e. The van der Waals surface area contributed by atoms with Crippen LogP contribution in [0.25, 0.3) is 11.3 Å². The van der Waals surface area contributed by atoms with Crippen molar-refractivity contribution in [2.45, 2.75) is 12.8 Å². The predicted octanol–water partition coefficient (Wildman–Crippen LogP) is 4.59. The number of hydrogen-bond acceptors (Lipinski definition) is 6. The Bertz CT molecular complexity index is 1380. The van der Waals surface area contributed by atoms with E-state index in [9.17, 15) is 19.7 Å². The molecular formula is C28H27N5O4. The summed E-state index contributed by atoms with van der Waals surface area (Å²) in [7, 11) is 1.77. The van der Waals surface area contributed by atoms with Crippen molar-refractivity contribution >= 4 is 45.8 Å². The Morgan fingerprint density at radius 2 is 1.76 bits per heavy atom. The van der Waals surface area contributed by atoms with E-state index in [1.165, 1.54) is 12.1 Å². The van der Waals surface area contributed by atoms with E-state index >= 15 is 0 Å². The van der Waals surface area contributed by atoms with E-state index in [-0.39, 0.29) is 17.5 Å². The first-order valence-corrected chi connectivity index (χ1v) is 12.2. The van der Waals surface area contributed by atoms with Crippen molar-refractivity contribution in [1.29, 1.82) is 0 Å². The number of hydrogen-bond donors (Lipinski definition) is 2. The van der Waals surface area contributed by atoms with Crippen LogP contribution in [0.1, 0.15) is 24.0 Å². The molecule has 0 aromatic heterocycles. The number of anilines is 3. The van der Waals surface area contributed by atoms with Crippen LogP contribution in [-0.2, 0) is 9.59 Å². The number of likely N-dealkylation sites (tertiary alicyclic amines) is 1. The molecule has 2 aliphatic heterocycles. The van der Waals surface area contributed by atoms with Gasteiger partial charge in [0.2, 0.25) is 5.91 Å². The molecule has 1 saturated heterocycles. The van der Waals surface area contributed by atoms with Gasteiger partial charge in [0.1, 0.15) is 0 Å². The van der Waals surface area contributed by atoms with Gasteiger partial charge < -0.3 is 15.5 Å². The minimum atomic E-state index is -0.476. The van der Waals surface area contributed by atoms with Crippen molar-refractivity contribution in [3.63, 3.8) is 0 Å². The number of carbonyl (C=O) groups is 2. The van der Waals surface area contributed by atoms with Crippen LogP contribution in [0.4, 0.5) is 22.7 Å². The van der Waals surface area contributed by atoms with Crippen molar-refractivity contribution in [1.82, 2.24) is 4.90 Å². The fraction of sp³-hybridized carbons (Fsp3) is 0.214.